The molecule has 4 nitrogen and oxygen atoms in total. The number of amides is 1. The largest absolute Gasteiger partial charge is 0.370 e. The normalized spacial score (nSPS) is 16.9. The molecule has 1 aliphatic heterocycles. The highest BCUT2D eigenvalue weighted by molar-refractivity contribution is 5.78. The summed E-state index contributed by atoms with van der Waals surface area (Å²) in [6.45, 7) is 4.47. The molecule has 0 spiro atoms. The van der Waals surface area contributed by atoms with Crippen molar-refractivity contribution in [1.29, 1.82) is 0 Å². The molecule has 0 aromatic heterocycles. The Balaban J connectivity index is 1.98. The lowest BCUT2D eigenvalue weighted by Gasteiger charge is -2.23. The molecule has 0 N–H and O–H groups in total. The lowest BCUT2D eigenvalue weighted by atomic mass is 10.1. The second-order valence-corrected chi connectivity index (χ2v) is 5.78. The van der Waals surface area contributed by atoms with Gasteiger partial charge in [0.2, 0.25) is 5.91 Å². The molecule has 1 fully saturated rings. The molecule has 110 valence electrons. The molecule has 1 aromatic carbocycles. The van der Waals surface area contributed by atoms with Gasteiger partial charge in [0, 0.05) is 39.4 Å². The van der Waals surface area contributed by atoms with Crippen LogP contribution in [-0.4, -0.2) is 63.0 Å². The summed E-state index contributed by atoms with van der Waals surface area (Å²) in [4.78, 5) is 18.1. The Kier molecular flexibility index (Phi) is 5.01. The Labute approximate surface area is 122 Å². The predicted molar refractivity (Wildman–Crippen MR) is 83.2 cm³/mol. The van der Waals surface area contributed by atoms with Gasteiger partial charge in [-0.2, -0.15) is 0 Å². The average Bonchev–Trinajstić information content (AvgIpc) is 2.64. The maximum Gasteiger partial charge on any atom is 0.226 e. The second-order valence-electron chi connectivity index (χ2n) is 5.78. The van der Waals surface area contributed by atoms with E-state index >= 15 is 0 Å². The number of anilines is 1. The third-order valence-corrected chi connectivity index (χ3v) is 3.88. The number of benzene rings is 1. The topological polar surface area (TPSA) is 26.8 Å². The van der Waals surface area contributed by atoms with Gasteiger partial charge in [-0.1, -0.05) is 12.1 Å². The molecule has 0 radical (unpaired) electrons. The zero-order chi connectivity index (χ0) is 14.5. The van der Waals surface area contributed by atoms with Crippen LogP contribution in [0.5, 0.6) is 0 Å². The van der Waals surface area contributed by atoms with Crippen LogP contribution in [0, 0.1) is 0 Å². The Bertz CT molecular complexity index is 442. The van der Waals surface area contributed by atoms with Crippen LogP contribution >= 0.6 is 0 Å². The van der Waals surface area contributed by atoms with Gasteiger partial charge in [0.25, 0.3) is 0 Å². The minimum atomic E-state index is 0.147. The first-order valence-electron chi connectivity index (χ1n) is 7.29. The number of hydrogen-bond acceptors (Lipinski definition) is 3. The molecule has 0 unspecified atom stereocenters. The minimum Gasteiger partial charge on any atom is -0.370 e. The first kappa shape index (κ1) is 14.9. The number of hydrogen-bond donors (Lipinski definition) is 0. The maximum atomic E-state index is 11.7. The monoisotopic (exact) mass is 275 g/mol. The summed E-state index contributed by atoms with van der Waals surface area (Å²) in [7, 11) is 5.77. The van der Waals surface area contributed by atoms with Gasteiger partial charge in [0.05, 0.1) is 6.42 Å². The van der Waals surface area contributed by atoms with E-state index in [0.29, 0.717) is 6.42 Å². The van der Waals surface area contributed by atoms with Crippen LogP contribution in [0.25, 0.3) is 0 Å². The fourth-order valence-electron chi connectivity index (χ4n) is 2.46. The SMILES string of the molecule is CN1CCCN(c2ccc(CC(=O)N(C)C)cc2)CC1. The van der Waals surface area contributed by atoms with E-state index in [0.717, 1.165) is 25.2 Å². The zero-order valence-electron chi connectivity index (χ0n) is 12.8. The van der Waals surface area contributed by atoms with Crippen molar-refractivity contribution in [2.75, 3.05) is 52.2 Å². The third-order valence-electron chi connectivity index (χ3n) is 3.88. The van der Waals surface area contributed by atoms with Gasteiger partial charge in [-0.05, 0) is 37.7 Å². The van der Waals surface area contributed by atoms with Crippen LogP contribution < -0.4 is 4.90 Å². The quantitative estimate of drug-likeness (QED) is 0.835. The number of nitrogens with zero attached hydrogens (tertiary/aromatic N) is 3. The number of likely N-dealkylation sites (N-methyl/N-ethyl adjacent to an activating group) is 2. The lowest BCUT2D eigenvalue weighted by Crippen LogP contribution is -2.28. The van der Waals surface area contributed by atoms with Crippen molar-refractivity contribution in [3.8, 4) is 0 Å². The third kappa shape index (κ3) is 3.97. The Morgan fingerprint density at radius 1 is 1.10 bits per heavy atom. The molecule has 0 bridgehead atoms. The summed E-state index contributed by atoms with van der Waals surface area (Å²) in [6.07, 6.45) is 1.69. The van der Waals surface area contributed by atoms with Crippen molar-refractivity contribution in [3.05, 3.63) is 29.8 Å². The van der Waals surface area contributed by atoms with E-state index in [1.54, 1.807) is 19.0 Å². The molecule has 1 amide bonds. The van der Waals surface area contributed by atoms with Gasteiger partial charge in [0.1, 0.15) is 0 Å². The van der Waals surface area contributed by atoms with Gasteiger partial charge in [-0.25, -0.2) is 0 Å². The molecule has 0 atom stereocenters. The Hall–Kier alpha value is -1.55. The van der Waals surface area contributed by atoms with Crippen LogP contribution in [0.2, 0.25) is 0 Å². The van der Waals surface area contributed by atoms with Gasteiger partial charge in [-0.3, -0.25) is 4.79 Å². The smallest absolute Gasteiger partial charge is 0.226 e. The molecular formula is C16H25N3O. The van der Waals surface area contributed by atoms with E-state index in [2.05, 4.69) is 41.1 Å². The summed E-state index contributed by atoms with van der Waals surface area (Å²) in [6, 6.07) is 8.43. The second kappa shape index (κ2) is 6.75. The molecule has 1 aromatic rings. The van der Waals surface area contributed by atoms with Crippen molar-refractivity contribution in [2.24, 2.45) is 0 Å². The highest BCUT2D eigenvalue weighted by Crippen LogP contribution is 2.17. The molecule has 1 saturated heterocycles. The van der Waals surface area contributed by atoms with E-state index in [1.165, 1.54) is 18.7 Å². The molecule has 1 heterocycles. The first-order chi connectivity index (χ1) is 9.56. The van der Waals surface area contributed by atoms with Gasteiger partial charge < -0.3 is 14.7 Å². The van der Waals surface area contributed by atoms with E-state index < -0.39 is 0 Å². The highest BCUT2D eigenvalue weighted by Gasteiger charge is 2.13. The van der Waals surface area contributed by atoms with E-state index in [1.807, 2.05) is 0 Å². The zero-order valence-corrected chi connectivity index (χ0v) is 12.8. The van der Waals surface area contributed by atoms with E-state index in [-0.39, 0.29) is 5.91 Å². The summed E-state index contributed by atoms with van der Waals surface area (Å²) in [5.74, 6) is 0.147. The summed E-state index contributed by atoms with van der Waals surface area (Å²) >= 11 is 0. The number of carbonyl (C=O) groups excluding carboxylic acids is 1. The first-order valence-corrected chi connectivity index (χ1v) is 7.29. The molecule has 20 heavy (non-hydrogen) atoms. The average molecular weight is 275 g/mol. The summed E-state index contributed by atoms with van der Waals surface area (Å²) in [5.41, 5.74) is 2.35. The lowest BCUT2D eigenvalue weighted by molar-refractivity contribution is -0.127. The summed E-state index contributed by atoms with van der Waals surface area (Å²) < 4.78 is 0. The van der Waals surface area contributed by atoms with E-state index in [9.17, 15) is 4.79 Å². The predicted octanol–water partition coefficient (Wildman–Crippen LogP) is 1.46. The number of rotatable bonds is 3. The van der Waals surface area contributed by atoms with Crippen LogP contribution in [-0.2, 0) is 11.2 Å². The van der Waals surface area contributed by atoms with Crippen LogP contribution in [0.1, 0.15) is 12.0 Å². The van der Waals surface area contributed by atoms with Gasteiger partial charge in [-0.15, -0.1) is 0 Å². The van der Waals surface area contributed by atoms with Gasteiger partial charge >= 0.3 is 0 Å². The molecule has 0 saturated carbocycles. The molecule has 4 heteroatoms. The van der Waals surface area contributed by atoms with Crippen LogP contribution in [0.15, 0.2) is 24.3 Å². The Morgan fingerprint density at radius 2 is 1.80 bits per heavy atom. The van der Waals surface area contributed by atoms with Crippen molar-refractivity contribution < 1.29 is 4.79 Å². The van der Waals surface area contributed by atoms with Gasteiger partial charge in [0.15, 0.2) is 0 Å². The van der Waals surface area contributed by atoms with Crippen molar-refractivity contribution >= 4 is 11.6 Å². The van der Waals surface area contributed by atoms with Crippen molar-refractivity contribution in [3.63, 3.8) is 0 Å². The molecule has 2 rings (SSSR count). The number of carbonyl (C=O) groups is 1. The minimum absolute atomic E-state index is 0.147. The fourth-order valence-corrected chi connectivity index (χ4v) is 2.46. The fraction of sp³-hybridized carbons (Fsp3) is 0.562. The standard InChI is InChI=1S/C16H25N3O/c1-17(2)16(20)13-14-5-7-15(8-6-14)19-10-4-9-18(3)11-12-19/h5-8H,4,9-13H2,1-3H3. The van der Waals surface area contributed by atoms with Crippen LogP contribution in [0.3, 0.4) is 0 Å². The summed E-state index contributed by atoms with van der Waals surface area (Å²) in [5, 5.41) is 0. The van der Waals surface area contributed by atoms with Crippen molar-refractivity contribution in [1.82, 2.24) is 9.80 Å². The molecule has 1 aliphatic rings. The molecule has 0 aliphatic carbocycles. The maximum absolute atomic E-state index is 11.7. The molecular weight excluding hydrogens is 250 g/mol. The highest BCUT2D eigenvalue weighted by atomic mass is 16.2. The Morgan fingerprint density at radius 3 is 2.45 bits per heavy atom. The van der Waals surface area contributed by atoms with Crippen LogP contribution in [0.4, 0.5) is 5.69 Å². The van der Waals surface area contributed by atoms with Crippen molar-refractivity contribution in [2.45, 2.75) is 12.8 Å². The van der Waals surface area contributed by atoms with E-state index in [4.69, 9.17) is 0 Å².